The van der Waals surface area contributed by atoms with Gasteiger partial charge >= 0.3 is 0 Å². The van der Waals surface area contributed by atoms with Gasteiger partial charge in [0.15, 0.2) is 0 Å². The van der Waals surface area contributed by atoms with E-state index in [-0.39, 0.29) is 35.5 Å². The van der Waals surface area contributed by atoms with Crippen molar-refractivity contribution in [2.45, 2.75) is 27.2 Å². The van der Waals surface area contributed by atoms with Crippen molar-refractivity contribution in [3.63, 3.8) is 0 Å². The molecule has 0 radical (unpaired) electrons. The van der Waals surface area contributed by atoms with E-state index >= 15 is 0 Å². The fraction of sp³-hybridized carbons (Fsp3) is 0.292. The Balaban J connectivity index is 1.53. The van der Waals surface area contributed by atoms with Gasteiger partial charge in [-0.25, -0.2) is 0 Å². The molecule has 1 saturated heterocycles. The van der Waals surface area contributed by atoms with Gasteiger partial charge in [-0.3, -0.25) is 19.3 Å². The molecule has 5 heteroatoms. The van der Waals surface area contributed by atoms with Crippen LogP contribution < -0.4 is 10.2 Å². The molecule has 148 valence electrons. The first-order valence-corrected chi connectivity index (χ1v) is 9.89. The molecule has 2 aromatic carbocycles. The van der Waals surface area contributed by atoms with E-state index in [1.165, 1.54) is 4.90 Å². The van der Waals surface area contributed by atoms with Crippen LogP contribution in [0.5, 0.6) is 0 Å². The van der Waals surface area contributed by atoms with Crippen LogP contribution in [0.4, 0.5) is 11.4 Å². The second-order valence-corrected chi connectivity index (χ2v) is 8.04. The number of aryl methyl sites for hydroxylation is 2. The minimum Gasteiger partial charge on any atom is -0.322 e. The molecular formula is C24H24N2O3. The summed E-state index contributed by atoms with van der Waals surface area (Å²) >= 11 is 0. The SMILES string of the molecule is Cc1cc(C)cc(NC(=O)c2ccc(N3C(=O)[C@@H]4[C@H](C)C=CC[C@H]4C3=O)cc2)c1. The van der Waals surface area contributed by atoms with E-state index in [1.54, 1.807) is 24.3 Å². The molecule has 1 aliphatic carbocycles. The van der Waals surface area contributed by atoms with Crippen LogP contribution in [0, 0.1) is 31.6 Å². The van der Waals surface area contributed by atoms with Crippen LogP contribution in [0.2, 0.25) is 0 Å². The predicted octanol–water partition coefficient (Wildman–Crippen LogP) is 4.26. The number of nitrogens with zero attached hydrogens (tertiary/aromatic N) is 1. The highest BCUT2D eigenvalue weighted by Crippen LogP contribution is 2.40. The van der Waals surface area contributed by atoms with Crippen molar-refractivity contribution in [2.75, 3.05) is 10.2 Å². The molecule has 29 heavy (non-hydrogen) atoms. The van der Waals surface area contributed by atoms with Crippen molar-refractivity contribution in [2.24, 2.45) is 17.8 Å². The van der Waals surface area contributed by atoms with Crippen LogP contribution in [0.3, 0.4) is 0 Å². The van der Waals surface area contributed by atoms with Crippen molar-refractivity contribution in [3.8, 4) is 0 Å². The molecule has 5 nitrogen and oxygen atoms in total. The molecule has 1 fully saturated rings. The third-order valence-corrected chi connectivity index (χ3v) is 5.74. The quantitative estimate of drug-likeness (QED) is 0.631. The summed E-state index contributed by atoms with van der Waals surface area (Å²) in [5.74, 6) is -1.05. The van der Waals surface area contributed by atoms with Gasteiger partial charge in [0.05, 0.1) is 17.5 Å². The Hall–Kier alpha value is -3.21. The molecule has 3 atom stereocenters. The zero-order chi connectivity index (χ0) is 20.7. The maximum atomic E-state index is 12.9. The highest BCUT2D eigenvalue weighted by Gasteiger charge is 2.50. The molecule has 0 aromatic heterocycles. The van der Waals surface area contributed by atoms with Gasteiger partial charge in [-0.2, -0.15) is 0 Å². The Kier molecular flexibility index (Phi) is 4.82. The molecule has 0 unspecified atom stereocenters. The van der Waals surface area contributed by atoms with E-state index in [4.69, 9.17) is 0 Å². The number of carbonyl (C=O) groups is 3. The van der Waals surface area contributed by atoms with Gasteiger partial charge in [0, 0.05) is 11.3 Å². The molecule has 2 aliphatic rings. The van der Waals surface area contributed by atoms with Gasteiger partial charge < -0.3 is 5.32 Å². The summed E-state index contributed by atoms with van der Waals surface area (Å²) in [4.78, 5) is 39.5. The lowest BCUT2D eigenvalue weighted by Crippen LogP contribution is -2.31. The van der Waals surface area contributed by atoms with Gasteiger partial charge in [-0.1, -0.05) is 25.1 Å². The average molecular weight is 388 g/mol. The van der Waals surface area contributed by atoms with Crippen LogP contribution in [0.15, 0.2) is 54.6 Å². The number of hydrogen-bond donors (Lipinski definition) is 1. The molecule has 0 bridgehead atoms. The molecule has 0 spiro atoms. The number of allylic oxidation sites excluding steroid dienone is 2. The number of fused-ring (bicyclic) bond motifs is 1. The number of carbonyl (C=O) groups excluding carboxylic acids is 3. The Labute approximate surface area is 170 Å². The van der Waals surface area contributed by atoms with E-state index in [2.05, 4.69) is 5.32 Å². The van der Waals surface area contributed by atoms with E-state index in [1.807, 2.05) is 51.1 Å². The lowest BCUT2D eigenvalue weighted by Gasteiger charge is -2.22. The summed E-state index contributed by atoms with van der Waals surface area (Å²) in [6.07, 6.45) is 4.60. The Morgan fingerprint density at radius 2 is 1.66 bits per heavy atom. The van der Waals surface area contributed by atoms with Crippen LogP contribution in [0.25, 0.3) is 0 Å². The first-order chi connectivity index (χ1) is 13.8. The molecule has 1 heterocycles. The van der Waals surface area contributed by atoms with Gasteiger partial charge in [0.25, 0.3) is 5.91 Å². The lowest BCUT2D eigenvalue weighted by molar-refractivity contribution is -0.122. The van der Waals surface area contributed by atoms with Crippen molar-refractivity contribution in [1.82, 2.24) is 0 Å². The van der Waals surface area contributed by atoms with Crippen molar-refractivity contribution in [3.05, 3.63) is 71.3 Å². The molecular weight excluding hydrogens is 364 g/mol. The van der Waals surface area contributed by atoms with Crippen LogP contribution in [-0.2, 0) is 9.59 Å². The van der Waals surface area contributed by atoms with Crippen molar-refractivity contribution < 1.29 is 14.4 Å². The van der Waals surface area contributed by atoms with Crippen molar-refractivity contribution >= 4 is 29.1 Å². The number of benzene rings is 2. The number of rotatable bonds is 3. The number of hydrogen-bond acceptors (Lipinski definition) is 3. The van der Waals surface area contributed by atoms with Crippen LogP contribution >= 0.6 is 0 Å². The lowest BCUT2D eigenvalue weighted by atomic mass is 9.78. The smallest absolute Gasteiger partial charge is 0.255 e. The number of amides is 3. The molecule has 1 N–H and O–H groups in total. The maximum absolute atomic E-state index is 12.9. The first-order valence-electron chi connectivity index (χ1n) is 9.89. The fourth-order valence-corrected chi connectivity index (χ4v) is 4.41. The van der Waals surface area contributed by atoms with Gasteiger partial charge in [-0.15, -0.1) is 0 Å². The van der Waals surface area contributed by atoms with Crippen LogP contribution in [0.1, 0.15) is 34.8 Å². The summed E-state index contributed by atoms with van der Waals surface area (Å²) in [7, 11) is 0. The molecule has 3 amide bonds. The van der Waals surface area contributed by atoms with E-state index in [9.17, 15) is 14.4 Å². The summed E-state index contributed by atoms with van der Waals surface area (Å²) < 4.78 is 0. The number of nitrogens with one attached hydrogen (secondary N) is 1. The predicted molar refractivity (Wildman–Crippen MR) is 113 cm³/mol. The summed E-state index contributed by atoms with van der Waals surface area (Å²) in [5.41, 5.74) is 3.88. The zero-order valence-corrected chi connectivity index (χ0v) is 16.8. The summed E-state index contributed by atoms with van der Waals surface area (Å²) in [6, 6.07) is 12.5. The minimum absolute atomic E-state index is 0.0537. The Morgan fingerprint density at radius 1 is 1.00 bits per heavy atom. The van der Waals surface area contributed by atoms with Crippen molar-refractivity contribution in [1.29, 1.82) is 0 Å². The maximum Gasteiger partial charge on any atom is 0.255 e. The van der Waals surface area contributed by atoms with Gasteiger partial charge in [0.2, 0.25) is 11.8 Å². The highest BCUT2D eigenvalue weighted by atomic mass is 16.2. The second kappa shape index (κ2) is 7.32. The largest absolute Gasteiger partial charge is 0.322 e. The van der Waals surface area contributed by atoms with Crippen LogP contribution in [-0.4, -0.2) is 17.7 Å². The van der Waals surface area contributed by atoms with Gasteiger partial charge in [0.1, 0.15) is 0 Å². The topological polar surface area (TPSA) is 66.5 Å². The van der Waals surface area contributed by atoms with E-state index < -0.39 is 0 Å². The number of imide groups is 1. The number of anilines is 2. The Bertz CT molecular complexity index is 1000. The average Bonchev–Trinajstić information content (AvgIpc) is 2.92. The van der Waals surface area contributed by atoms with E-state index in [0.717, 1.165) is 16.8 Å². The molecule has 2 aromatic rings. The zero-order valence-electron chi connectivity index (χ0n) is 16.8. The third-order valence-electron chi connectivity index (χ3n) is 5.74. The summed E-state index contributed by atoms with van der Waals surface area (Å²) in [5, 5.41) is 2.90. The first kappa shape index (κ1) is 19.1. The normalized spacial score (nSPS) is 23.3. The second-order valence-electron chi connectivity index (χ2n) is 8.04. The van der Waals surface area contributed by atoms with Gasteiger partial charge in [-0.05, 0) is 73.7 Å². The Morgan fingerprint density at radius 3 is 2.28 bits per heavy atom. The van der Waals surface area contributed by atoms with E-state index in [0.29, 0.717) is 17.7 Å². The standard InChI is InChI=1S/C24H24N2O3/c1-14-11-15(2)13-18(12-14)25-22(27)17-7-9-19(10-8-17)26-23(28)20-6-4-5-16(3)21(20)24(26)29/h4-5,7-13,16,20-21H,6H2,1-3H3,(H,25,27)/t16-,20-,21-/m1/s1. The molecule has 4 rings (SSSR count). The minimum atomic E-state index is -0.292. The summed E-state index contributed by atoms with van der Waals surface area (Å²) in [6.45, 7) is 5.94. The third kappa shape index (κ3) is 3.48. The molecule has 1 aliphatic heterocycles. The fourth-order valence-electron chi connectivity index (χ4n) is 4.41. The molecule has 0 saturated carbocycles. The monoisotopic (exact) mass is 388 g/mol. The highest BCUT2D eigenvalue weighted by molar-refractivity contribution is 6.22.